The Hall–Kier alpha value is -5.47. The van der Waals surface area contributed by atoms with Gasteiger partial charge in [-0.25, -0.2) is 0 Å². The number of amidine groups is 1. The van der Waals surface area contributed by atoms with Crippen molar-refractivity contribution in [1.29, 1.82) is 5.41 Å². The fraction of sp³-hybridized carbons (Fsp3) is 0.472. The zero-order chi connectivity index (χ0) is 37.3. The quantitative estimate of drug-likeness (QED) is 0.0541. The number of nitrogen functional groups attached to an aromatic ring is 1. The second-order valence-corrected chi connectivity index (χ2v) is 13.0. The highest BCUT2D eigenvalue weighted by Gasteiger charge is 2.32. The molecule has 2 aromatic rings. The van der Waals surface area contributed by atoms with E-state index < -0.39 is 60.1 Å². The molecule has 4 amide bonds. The molecule has 2 aromatic carbocycles. The zero-order valence-corrected chi connectivity index (χ0v) is 28.8. The van der Waals surface area contributed by atoms with E-state index in [-0.39, 0.29) is 49.9 Å². The first-order chi connectivity index (χ1) is 24.3. The second-order valence-electron chi connectivity index (χ2n) is 13.0. The van der Waals surface area contributed by atoms with Gasteiger partial charge >= 0.3 is 5.97 Å². The average molecular weight is 706 g/mol. The van der Waals surface area contributed by atoms with E-state index in [1.807, 2.05) is 0 Å². The average Bonchev–Trinajstić information content (AvgIpc) is 3.10. The summed E-state index contributed by atoms with van der Waals surface area (Å²) in [6, 6.07) is 12.4. The maximum atomic E-state index is 13.9. The first kappa shape index (κ1) is 40.0. The predicted molar refractivity (Wildman–Crippen MR) is 193 cm³/mol. The minimum atomic E-state index is -1.32. The maximum Gasteiger partial charge on any atom is 0.303 e. The molecule has 1 fully saturated rings. The van der Waals surface area contributed by atoms with Gasteiger partial charge in [-0.05, 0) is 49.1 Å². The van der Waals surface area contributed by atoms with E-state index in [0.29, 0.717) is 17.5 Å². The molecule has 15 heteroatoms. The van der Waals surface area contributed by atoms with Crippen LogP contribution in [-0.4, -0.2) is 71.2 Å². The van der Waals surface area contributed by atoms with Crippen molar-refractivity contribution in [1.82, 2.24) is 16.0 Å². The van der Waals surface area contributed by atoms with Crippen molar-refractivity contribution in [2.75, 3.05) is 6.54 Å². The van der Waals surface area contributed by atoms with Crippen LogP contribution >= 0.6 is 0 Å². The second kappa shape index (κ2) is 20.3. The van der Waals surface area contributed by atoms with Crippen LogP contribution in [0.25, 0.3) is 0 Å². The number of aliphatic imine (C=N–C) groups is 1. The fourth-order valence-corrected chi connectivity index (χ4v) is 6.23. The van der Waals surface area contributed by atoms with Crippen LogP contribution in [-0.2, 0) is 30.4 Å². The monoisotopic (exact) mass is 705 g/mol. The van der Waals surface area contributed by atoms with Crippen LogP contribution in [0.4, 0.5) is 0 Å². The Morgan fingerprint density at radius 1 is 0.784 bits per heavy atom. The number of carboxylic acids is 1. The number of nitrogens with one attached hydrogen (secondary N) is 4. The zero-order valence-electron chi connectivity index (χ0n) is 28.8. The van der Waals surface area contributed by atoms with Gasteiger partial charge in [0.15, 0.2) is 5.96 Å². The standard InChI is InChI=1S/C36H51N9O6/c37-31(38)25-15-13-23(14-16-25)20-26(24-10-5-2-6-11-24)33(49)43-28(17-18-30(46)47)35(51)44-27(12-7-19-42-36(40)41)34(50)45-29(32(39)48)21-22-8-3-1-4-9-22/h2,5-6,10-11,13-16,22,26-29H,1,3-4,7-9,12,17-21H2,(H3,37,38)(H2,39,48)(H,43,49)(H,44,51)(H,45,50)(H,46,47)(H4,40,41,42)/t26-,27?,28?,29-/m0/s1. The first-order valence-corrected chi connectivity index (χ1v) is 17.3. The third-order valence-corrected chi connectivity index (χ3v) is 9.04. The third-order valence-electron chi connectivity index (χ3n) is 9.04. The lowest BCUT2D eigenvalue weighted by Gasteiger charge is -2.28. The summed E-state index contributed by atoms with van der Waals surface area (Å²) >= 11 is 0. The highest BCUT2D eigenvalue weighted by molar-refractivity contribution is 5.96. The van der Waals surface area contributed by atoms with Gasteiger partial charge in [-0.15, -0.1) is 0 Å². The smallest absolute Gasteiger partial charge is 0.303 e. The van der Waals surface area contributed by atoms with E-state index in [0.717, 1.165) is 37.7 Å². The number of nitrogens with two attached hydrogens (primary N) is 4. The number of nitrogens with zero attached hydrogens (tertiary/aromatic N) is 1. The summed E-state index contributed by atoms with van der Waals surface area (Å²) in [4.78, 5) is 69.3. The maximum absolute atomic E-state index is 13.9. The van der Waals surface area contributed by atoms with E-state index in [1.54, 1.807) is 54.6 Å². The van der Waals surface area contributed by atoms with Crippen LogP contribution in [0, 0.1) is 11.3 Å². The van der Waals surface area contributed by atoms with Crippen molar-refractivity contribution < 1.29 is 29.1 Å². The number of amides is 4. The molecule has 0 aromatic heterocycles. The molecule has 4 atom stereocenters. The molecular weight excluding hydrogens is 654 g/mol. The van der Waals surface area contributed by atoms with Gasteiger partial charge in [0.2, 0.25) is 23.6 Å². The molecule has 276 valence electrons. The summed E-state index contributed by atoms with van der Waals surface area (Å²) in [6.45, 7) is 0.161. The van der Waals surface area contributed by atoms with Crippen LogP contribution in [0.15, 0.2) is 59.6 Å². The molecule has 1 saturated carbocycles. The molecule has 3 rings (SSSR count). The van der Waals surface area contributed by atoms with Gasteiger partial charge in [0.05, 0.1) is 5.92 Å². The molecule has 0 spiro atoms. The van der Waals surface area contributed by atoms with E-state index in [2.05, 4.69) is 20.9 Å². The Kier molecular flexibility index (Phi) is 15.9. The molecule has 51 heavy (non-hydrogen) atoms. The van der Waals surface area contributed by atoms with Gasteiger partial charge in [0.25, 0.3) is 0 Å². The Morgan fingerprint density at radius 3 is 1.94 bits per heavy atom. The van der Waals surface area contributed by atoms with Crippen molar-refractivity contribution in [3.05, 3.63) is 71.3 Å². The van der Waals surface area contributed by atoms with E-state index in [4.69, 9.17) is 28.3 Å². The summed E-state index contributed by atoms with van der Waals surface area (Å²) < 4.78 is 0. The van der Waals surface area contributed by atoms with Crippen molar-refractivity contribution in [2.45, 2.75) is 94.7 Å². The van der Waals surface area contributed by atoms with Gasteiger partial charge in [0, 0.05) is 18.5 Å². The molecule has 13 N–H and O–H groups in total. The topological polar surface area (TPSA) is 282 Å². The minimum absolute atomic E-state index is 0.0752. The van der Waals surface area contributed by atoms with Crippen LogP contribution < -0.4 is 38.9 Å². The number of guanidine groups is 1. The molecule has 0 radical (unpaired) electrons. The number of primary amides is 1. The summed E-state index contributed by atoms with van der Waals surface area (Å²) in [5, 5.41) is 25.2. The number of hydrogen-bond acceptors (Lipinski definition) is 7. The van der Waals surface area contributed by atoms with Crippen LogP contribution in [0.2, 0.25) is 0 Å². The summed E-state index contributed by atoms with van der Waals surface area (Å²) in [5.41, 5.74) is 24.1. The van der Waals surface area contributed by atoms with Crippen molar-refractivity contribution in [3.63, 3.8) is 0 Å². The molecule has 0 bridgehead atoms. The number of carbonyl (C=O) groups is 5. The summed E-state index contributed by atoms with van der Waals surface area (Å²) in [6.07, 6.45) is 5.32. The highest BCUT2D eigenvalue weighted by Crippen LogP contribution is 2.27. The van der Waals surface area contributed by atoms with Crippen molar-refractivity contribution in [3.8, 4) is 0 Å². The lowest BCUT2D eigenvalue weighted by Crippen LogP contribution is -2.57. The predicted octanol–water partition coefficient (Wildman–Crippen LogP) is 1.13. The minimum Gasteiger partial charge on any atom is -0.481 e. The highest BCUT2D eigenvalue weighted by atomic mass is 16.4. The number of rotatable bonds is 20. The van der Waals surface area contributed by atoms with Crippen LogP contribution in [0.5, 0.6) is 0 Å². The van der Waals surface area contributed by atoms with Gasteiger partial charge in [-0.3, -0.25) is 34.4 Å². The molecular formula is C36H51N9O6. The van der Waals surface area contributed by atoms with Crippen LogP contribution in [0.3, 0.4) is 0 Å². The molecule has 0 saturated heterocycles. The molecule has 0 heterocycles. The number of hydrogen-bond donors (Lipinski definition) is 9. The van der Waals surface area contributed by atoms with Gasteiger partial charge in [0.1, 0.15) is 24.0 Å². The normalized spacial score (nSPS) is 15.3. The summed E-state index contributed by atoms with van der Waals surface area (Å²) in [7, 11) is 0. The Balaban J connectivity index is 1.83. The lowest BCUT2D eigenvalue weighted by molar-refractivity contribution is -0.138. The van der Waals surface area contributed by atoms with E-state index in [1.165, 1.54) is 0 Å². The fourth-order valence-electron chi connectivity index (χ4n) is 6.23. The largest absolute Gasteiger partial charge is 0.481 e. The molecule has 0 aliphatic heterocycles. The number of aliphatic carboxylic acids is 1. The molecule has 2 unspecified atom stereocenters. The number of carboxylic acid groups (broad SMARTS) is 1. The van der Waals surface area contributed by atoms with Crippen LogP contribution in [0.1, 0.15) is 86.8 Å². The number of benzene rings is 2. The SMILES string of the molecule is N=C(N)c1ccc(C[C@H](C(=O)NC(CCC(=O)O)C(=O)NC(CCCN=C(N)N)C(=O)N[C@@H](CC2CCCCC2)C(N)=O)c2ccccc2)cc1. The van der Waals surface area contributed by atoms with Gasteiger partial charge < -0.3 is 44.0 Å². The molecule has 15 nitrogen and oxygen atoms in total. The summed E-state index contributed by atoms with van der Waals surface area (Å²) in [5.74, 6) is -4.59. The number of carbonyl (C=O) groups excluding carboxylic acids is 4. The Bertz CT molecular complexity index is 1520. The Labute approximate surface area is 297 Å². The van der Waals surface area contributed by atoms with Crippen molar-refractivity contribution >= 4 is 41.4 Å². The lowest BCUT2D eigenvalue weighted by atomic mass is 9.84. The Morgan fingerprint density at radius 2 is 1.37 bits per heavy atom. The van der Waals surface area contributed by atoms with Crippen molar-refractivity contribution in [2.24, 2.45) is 33.8 Å². The van der Waals surface area contributed by atoms with E-state index in [9.17, 15) is 29.1 Å². The molecule has 1 aliphatic carbocycles. The van der Waals surface area contributed by atoms with Gasteiger partial charge in [-0.1, -0.05) is 86.7 Å². The third kappa shape index (κ3) is 13.8. The molecule has 1 aliphatic rings. The van der Waals surface area contributed by atoms with Gasteiger partial charge in [-0.2, -0.15) is 0 Å². The first-order valence-electron chi connectivity index (χ1n) is 17.3. The van der Waals surface area contributed by atoms with E-state index >= 15 is 0 Å².